The standard InChI is InChI=1S/C23H20FNO3/c1-2-20(28-21-15-9-7-13-18(21)24)23(27)25-19-14-8-6-12-17(19)22(26)16-10-4-3-5-11-16/h3-15,20H,2H2,1H3,(H,25,27)/t20-/m0/s1. The predicted molar refractivity (Wildman–Crippen MR) is 106 cm³/mol. The van der Waals surface area contributed by atoms with E-state index in [-0.39, 0.29) is 11.5 Å². The number of nitrogens with one attached hydrogen (secondary N) is 1. The van der Waals surface area contributed by atoms with Crippen molar-refractivity contribution in [2.45, 2.75) is 19.4 Å². The summed E-state index contributed by atoms with van der Waals surface area (Å²) in [6.07, 6.45) is -0.550. The van der Waals surface area contributed by atoms with Gasteiger partial charge >= 0.3 is 0 Å². The third-order valence-corrected chi connectivity index (χ3v) is 4.23. The maximum absolute atomic E-state index is 13.8. The van der Waals surface area contributed by atoms with Crippen LogP contribution >= 0.6 is 0 Å². The first-order chi connectivity index (χ1) is 13.6. The summed E-state index contributed by atoms with van der Waals surface area (Å²) in [7, 11) is 0. The molecular formula is C23H20FNO3. The van der Waals surface area contributed by atoms with E-state index < -0.39 is 17.8 Å². The van der Waals surface area contributed by atoms with Crippen LogP contribution in [0.15, 0.2) is 78.9 Å². The average Bonchev–Trinajstić information content (AvgIpc) is 2.73. The number of para-hydroxylation sites is 2. The van der Waals surface area contributed by atoms with Crippen LogP contribution in [0.1, 0.15) is 29.3 Å². The molecule has 1 N–H and O–H groups in total. The van der Waals surface area contributed by atoms with Gasteiger partial charge in [-0.2, -0.15) is 0 Å². The summed E-state index contributed by atoms with van der Waals surface area (Å²) in [5, 5.41) is 2.74. The Bertz CT molecular complexity index is 972. The molecule has 0 aliphatic rings. The molecular weight excluding hydrogens is 357 g/mol. The minimum absolute atomic E-state index is 0.0122. The number of carbonyl (C=O) groups excluding carboxylic acids is 2. The Kier molecular flexibility index (Phi) is 6.17. The molecule has 0 spiro atoms. The van der Waals surface area contributed by atoms with E-state index in [1.54, 1.807) is 67.6 Å². The van der Waals surface area contributed by atoms with Crippen molar-refractivity contribution in [1.82, 2.24) is 0 Å². The molecule has 4 nitrogen and oxygen atoms in total. The third kappa shape index (κ3) is 4.43. The minimum Gasteiger partial charge on any atom is -0.478 e. The van der Waals surface area contributed by atoms with E-state index in [0.717, 1.165) is 0 Å². The van der Waals surface area contributed by atoms with Crippen LogP contribution in [0, 0.1) is 5.82 Å². The highest BCUT2D eigenvalue weighted by Gasteiger charge is 2.22. The Balaban J connectivity index is 1.80. The molecule has 1 atom stereocenters. The monoisotopic (exact) mass is 377 g/mol. The van der Waals surface area contributed by atoms with Crippen molar-refractivity contribution in [2.24, 2.45) is 0 Å². The molecule has 0 aromatic heterocycles. The van der Waals surface area contributed by atoms with Crippen molar-refractivity contribution < 1.29 is 18.7 Å². The van der Waals surface area contributed by atoms with Crippen LogP contribution in [0.3, 0.4) is 0 Å². The van der Waals surface area contributed by atoms with E-state index in [1.165, 1.54) is 12.1 Å². The summed E-state index contributed by atoms with van der Waals surface area (Å²) >= 11 is 0. The lowest BCUT2D eigenvalue weighted by Crippen LogP contribution is -2.33. The van der Waals surface area contributed by atoms with Crippen LogP contribution in [0.25, 0.3) is 0 Å². The molecule has 3 aromatic rings. The molecule has 0 unspecified atom stereocenters. The van der Waals surface area contributed by atoms with Gasteiger partial charge in [-0.25, -0.2) is 4.39 Å². The number of ether oxygens (including phenoxy) is 1. The lowest BCUT2D eigenvalue weighted by atomic mass is 10.0. The van der Waals surface area contributed by atoms with Crippen LogP contribution in [0.2, 0.25) is 0 Å². The lowest BCUT2D eigenvalue weighted by molar-refractivity contribution is -0.122. The molecule has 0 aliphatic heterocycles. The molecule has 0 bridgehead atoms. The van der Waals surface area contributed by atoms with Crippen LogP contribution in [-0.4, -0.2) is 17.8 Å². The first kappa shape index (κ1) is 19.3. The third-order valence-electron chi connectivity index (χ3n) is 4.23. The molecule has 0 heterocycles. The number of halogens is 1. The second-order valence-electron chi connectivity index (χ2n) is 6.18. The summed E-state index contributed by atoms with van der Waals surface area (Å²) in [6, 6.07) is 21.5. The fourth-order valence-electron chi connectivity index (χ4n) is 2.76. The number of amides is 1. The van der Waals surface area contributed by atoms with Gasteiger partial charge < -0.3 is 10.1 Å². The number of anilines is 1. The van der Waals surface area contributed by atoms with Gasteiger partial charge in [-0.1, -0.05) is 61.5 Å². The van der Waals surface area contributed by atoms with Gasteiger partial charge in [0.1, 0.15) is 0 Å². The molecule has 5 heteroatoms. The van der Waals surface area contributed by atoms with Crippen molar-refractivity contribution in [2.75, 3.05) is 5.32 Å². The number of benzene rings is 3. The minimum atomic E-state index is -0.892. The highest BCUT2D eigenvalue weighted by molar-refractivity contribution is 6.14. The number of rotatable bonds is 7. The molecule has 1 amide bonds. The van der Waals surface area contributed by atoms with Gasteiger partial charge in [0.15, 0.2) is 23.5 Å². The summed E-state index contributed by atoms with van der Waals surface area (Å²) in [6.45, 7) is 1.77. The maximum Gasteiger partial charge on any atom is 0.265 e. The number of carbonyl (C=O) groups is 2. The number of hydrogen-bond donors (Lipinski definition) is 1. The maximum atomic E-state index is 13.8. The Morgan fingerprint density at radius 2 is 1.57 bits per heavy atom. The Morgan fingerprint density at radius 1 is 0.929 bits per heavy atom. The second-order valence-corrected chi connectivity index (χ2v) is 6.18. The fraction of sp³-hybridized carbons (Fsp3) is 0.130. The zero-order valence-corrected chi connectivity index (χ0v) is 15.4. The van der Waals surface area contributed by atoms with E-state index in [0.29, 0.717) is 23.2 Å². The topological polar surface area (TPSA) is 55.4 Å². The van der Waals surface area contributed by atoms with Crippen LogP contribution in [0.4, 0.5) is 10.1 Å². The summed E-state index contributed by atoms with van der Waals surface area (Å²) < 4.78 is 19.4. The van der Waals surface area contributed by atoms with E-state index in [4.69, 9.17) is 4.74 Å². The van der Waals surface area contributed by atoms with Gasteiger partial charge in [0.2, 0.25) is 0 Å². The number of ketones is 1. The molecule has 28 heavy (non-hydrogen) atoms. The van der Waals surface area contributed by atoms with Crippen molar-refractivity contribution >= 4 is 17.4 Å². The van der Waals surface area contributed by atoms with Gasteiger partial charge in [0.25, 0.3) is 5.91 Å². The van der Waals surface area contributed by atoms with Gasteiger partial charge in [-0.05, 0) is 30.7 Å². The first-order valence-corrected chi connectivity index (χ1v) is 9.01. The quantitative estimate of drug-likeness (QED) is 0.599. The zero-order chi connectivity index (χ0) is 19.9. The first-order valence-electron chi connectivity index (χ1n) is 9.01. The van der Waals surface area contributed by atoms with Gasteiger partial charge in [0.05, 0.1) is 5.69 Å². The second kappa shape index (κ2) is 8.95. The van der Waals surface area contributed by atoms with Crippen molar-refractivity contribution in [3.63, 3.8) is 0 Å². The molecule has 0 fully saturated rings. The highest BCUT2D eigenvalue weighted by atomic mass is 19.1. The Labute approximate surface area is 163 Å². The van der Waals surface area contributed by atoms with E-state index in [2.05, 4.69) is 5.32 Å². The number of hydrogen-bond acceptors (Lipinski definition) is 3. The van der Waals surface area contributed by atoms with Gasteiger partial charge in [-0.15, -0.1) is 0 Å². The zero-order valence-electron chi connectivity index (χ0n) is 15.4. The van der Waals surface area contributed by atoms with Crippen molar-refractivity contribution in [1.29, 1.82) is 0 Å². The van der Waals surface area contributed by atoms with Crippen LogP contribution in [-0.2, 0) is 4.79 Å². The van der Waals surface area contributed by atoms with Crippen LogP contribution < -0.4 is 10.1 Å². The molecule has 142 valence electrons. The van der Waals surface area contributed by atoms with Crippen molar-refractivity contribution in [3.8, 4) is 5.75 Å². The molecule has 0 saturated heterocycles. The average molecular weight is 377 g/mol. The largest absolute Gasteiger partial charge is 0.478 e. The van der Waals surface area contributed by atoms with E-state index in [1.807, 2.05) is 6.07 Å². The molecule has 0 saturated carbocycles. The SMILES string of the molecule is CC[C@H](Oc1ccccc1F)C(=O)Nc1ccccc1C(=O)c1ccccc1. The van der Waals surface area contributed by atoms with Gasteiger partial charge in [-0.3, -0.25) is 9.59 Å². The summed E-state index contributed by atoms with van der Waals surface area (Å²) in [4.78, 5) is 25.5. The predicted octanol–water partition coefficient (Wildman–Crippen LogP) is 4.85. The normalized spacial score (nSPS) is 11.5. The Hall–Kier alpha value is -3.47. The fourth-order valence-corrected chi connectivity index (χ4v) is 2.76. The molecule has 3 aromatic carbocycles. The van der Waals surface area contributed by atoms with Crippen molar-refractivity contribution in [3.05, 3.63) is 95.8 Å². The summed E-state index contributed by atoms with van der Waals surface area (Å²) in [5.74, 6) is -1.16. The Morgan fingerprint density at radius 3 is 2.29 bits per heavy atom. The smallest absolute Gasteiger partial charge is 0.265 e. The molecule has 3 rings (SSSR count). The van der Waals surface area contributed by atoms with Gasteiger partial charge in [0, 0.05) is 11.1 Å². The van der Waals surface area contributed by atoms with E-state index in [9.17, 15) is 14.0 Å². The van der Waals surface area contributed by atoms with Crippen LogP contribution in [0.5, 0.6) is 5.75 Å². The molecule has 0 radical (unpaired) electrons. The lowest BCUT2D eigenvalue weighted by Gasteiger charge is -2.18. The van der Waals surface area contributed by atoms with E-state index >= 15 is 0 Å². The highest BCUT2D eigenvalue weighted by Crippen LogP contribution is 2.22. The molecule has 0 aliphatic carbocycles. The summed E-state index contributed by atoms with van der Waals surface area (Å²) in [5.41, 5.74) is 1.29.